The first-order valence-electron chi connectivity index (χ1n) is 9.55. The number of hydrogen-bond acceptors (Lipinski definition) is 6. The first-order chi connectivity index (χ1) is 14.1. The van der Waals surface area contributed by atoms with Gasteiger partial charge in [0.1, 0.15) is 0 Å². The zero-order valence-electron chi connectivity index (χ0n) is 17.5. The van der Waals surface area contributed by atoms with Crippen molar-refractivity contribution in [1.29, 1.82) is 0 Å². The largest absolute Gasteiger partial charge is 0.452 e. The summed E-state index contributed by atoms with van der Waals surface area (Å²) >= 11 is 0. The maximum absolute atomic E-state index is 12.7. The molecule has 0 aliphatic heterocycles. The van der Waals surface area contributed by atoms with Gasteiger partial charge in [0.2, 0.25) is 5.78 Å². The van der Waals surface area contributed by atoms with Crippen LogP contribution in [0.1, 0.15) is 69.4 Å². The minimum Gasteiger partial charge on any atom is -0.452 e. The first-order valence-corrected chi connectivity index (χ1v) is 9.55. The highest BCUT2D eigenvalue weighted by Crippen LogP contribution is 2.20. The molecule has 0 bridgehead atoms. The standard InChI is InChI=1S/C22H23N3O5/c1-11(2)25-21(28)16-9-7-6-8-15(16)20(24-25)22(29)30-10-17(27)19-12(3)18(14(5)26)13(4)23-19/h6-9,11,23H,10H2,1-5H3. The Hall–Kier alpha value is -3.55. The summed E-state index contributed by atoms with van der Waals surface area (Å²) in [5, 5.41) is 4.89. The number of hydrogen-bond donors (Lipinski definition) is 1. The van der Waals surface area contributed by atoms with Crippen molar-refractivity contribution in [2.45, 2.75) is 40.7 Å². The summed E-state index contributed by atoms with van der Waals surface area (Å²) in [7, 11) is 0. The van der Waals surface area contributed by atoms with E-state index in [-0.39, 0.29) is 28.8 Å². The van der Waals surface area contributed by atoms with E-state index in [2.05, 4.69) is 10.1 Å². The van der Waals surface area contributed by atoms with Crippen molar-refractivity contribution in [2.75, 3.05) is 6.61 Å². The van der Waals surface area contributed by atoms with Crippen molar-refractivity contribution in [2.24, 2.45) is 0 Å². The fourth-order valence-electron chi connectivity index (χ4n) is 3.54. The van der Waals surface area contributed by atoms with E-state index in [0.29, 0.717) is 27.6 Å². The van der Waals surface area contributed by atoms with E-state index in [0.717, 1.165) is 0 Å². The van der Waals surface area contributed by atoms with E-state index in [1.807, 2.05) is 0 Å². The van der Waals surface area contributed by atoms with Gasteiger partial charge >= 0.3 is 5.97 Å². The maximum atomic E-state index is 12.7. The third kappa shape index (κ3) is 3.68. The van der Waals surface area contributed by atoms with Crippen LogP contribution < -0.4 is 5.56 Å². The normalized spacial score (nSPS) is 11.1. The maximum Gasteiger partial charge on any atom is 0.359 e. The average molecular weight is 409 g/mol. The molecule has 0 amide bonds. The van der Waals surface area contributed by atoms with Crippen LogP contribution in [0.25, 0.3) is 10.8 Å². The predicted octanol–water partition coefficient (Wildman–Crippen LogP) is 3.16. The number of H-pyrrole nitrogens is 1. The Kier molecular flexibility index (Phi) is 5.69. The van der Waals surface area contributed by atoms with Gasteiger partial charge < -0.3 is 9.72 Å². The van der Waals surface area contributed by atoms with Crippen molar-refractivity contribution >= 4 is 28.3 Å². The van der Waals surface area contributed by atoms with Crippen LogP contribution in [0.15, 0.2) is 29.1 Å². The molecule has 0 saturated heterocycles. The molecule has 8 nitrogen and oxygen atoms in total. The van der Waals surface area contributed by atoms with Gasteiger partial charge in [0.25, 0.3) is 5.56 Å². The highest BCUT2D eigenvalue weighted by Gasteiger charge is 2.23. The van der Waals surface area contributed by atoms with Crippen molar-refractivity contribution in [3.05, 3.63) is 62.8 Å². The fourth-order valence-corrected chi connectivity index (χ4v) is 3.54. The highest BCUT2D eigenvalue weighted by molar-refractivity contribution is 6.06. The smallest absolute Gasteiger partial charge is 0.359 e. The fraction of sp³-hybridized carbons (Fsp3) is 0.318. The number of carbonyl (C=O) groups is 3. The third-order valence-electron chi connectivity index (χ3n) is 4.91. The predicted molar refractivity (Wildman–Crippen MR) is 111 cm³/mol. The number of benzene rings is 1. The molecule has 2 heterocycles. The molecule has 0 unspecified atom stereocenters. The number of esters is 1. The Labute approximate surface area is 172 Å². The molecule has 3 rings (SSSR count). The number of Topliss-reactive ketones (excluding diaryl/α,β-unsaturated/α-hetero) is 2. The monoisotopic (exact) mass is 409 g/mol. The van der Waals surface area contributed by atoms with E-state index < -0.39 is 18.4 Å². The number of rotatable bonds is 6. The zero-order valence-corrected chi connectivity index (χ0v) is 17.5. The van der Waals surface area contributed by atoms with Crippen LogP contribution in [0.2, 0.25) is 0 Å². The number of nitrogens with zero attached hydrogens (tertiary/aromatic N) is 2. The van der Waals surface area contributed by atoms with Crippen LogP contribution in [-0.4, -0.2) is 38.9 Å². The number of aryl methyl sites for hydroxylation is 1. The SMILES string of the molecule is CC(=O)c1c(C)[nH]c(C(=O)COC(=O)c2nn(C(C)C)c(=O)c3ccccc23)c1C. The zero-order chi connectivity index (χ0) is 22.2. The number of ketones is 2. The van der Waals surface area contributed by atoms with Crippen LogP contribution in [0.5, 0.6) is 0 Å². The molecule has 30 heavy (non-hydrogen) atoms. The Morgan fingerprint density at radius 3 is 2.33 bits per heavy atom. The molecular formula is C22H23N3O5. The topological polar surface area (TPSA) is 111 Å². The molecule has 0 atom stereocenters. The van der Waals surface area contributed by atoms with Gasteiger partial charge in [-0.1, -0.05) is 18.2 Å². The lowest BCUT2D eigenvalue weighted by Crippen LogP contribution is -2.28. The number of aromatic nitrogens is 3. The molecule has 0 saturated carbocycles. The van der Waals surface area contributed by atoms with E-state index >= 15 is 0 Å². The number of aromatic amines is 1. The summed E-state index contributed by atoms with van der Waals surface area (Å²) in [6, 6.07) is 6.37. The molecule has 0 radical (unpaired) electrons. The molecular weight excluding hydrogens is 386 g/mol. The molecule has 0 aliphatic rings. The highest BCUT2D eigenvalue weighted by atomic mass is 16.5. The lowest BCUT2D eigenvalue weighted by atomic mass is 10.1. The van der Waals surface area contributed by atoms with Crippen LogP contribution in [0, 0.1) is 13.8 Å². The van der Waals surface area contributed by atoms with Crippen LogP contribution in [0.3, 0.4) is 0 Å². The molecule has 0 aliphatic carbocycles. The summed E-state index contributed by atoms with van der Waals surface area (Å²) in [6.07, 6.45) is 0. The van der Waals surface area contributed by atoms with E-state index in [4.69, 9.17) is 4.74 Å². The lowest BCUT2D eigenvalue weighted by Gasteiger charge is -2.13. The number of nitrogens with one attached hydrogen (secondary N) is 1. The first kappa shape index (κ1) is 21.2. The minimum absolute atomic E-state index is 0.0319. The second-order valence-electron chi connectivity index (χ2n) is 7.42. The summed E-state index contributed by atoms with van der Waals surface area (Å²) in [4.78, 5) is 52.6. The van der Waals surface area contributed by atoms with Crippen molar-refractivity contribution in [3.8, 4) is 0 Å². The molecule has 2 aromatic heterocycles. The van der Waals surface area contributed by atoms with Gasteiger partial charge in [-0.15, -0.1) is 0 Å². The van der Waals surface area contributed by atoms with Gasteiger partial charge in [-0.05, 0) is 46.2 Å². The molecule has 1 N–H and O–H groups in total. The Morgan fingerprint density at radius 2 is 1.77 bits per heavy atom. The van der Waals surface area contributed by atoms with E-state index in [1.165, 1.54) is 11.6 Å². The minimum atomic E-state index is -0.804. The van der Waals surface area contributed by atoms with Gasteiger partial charge in [0.05, 0.1) is 17.1 Å². The second kappa shape index (κ2) is 8.06. The van der Waals surface area contributed by atoms with Gasteiger partial charge in [-0.25, -0.2) is 9.48 Å². The van der Waals surface area contributed by atoms with Crippen LogP contribution in [-0.2, 0) is 4.74 Å². The van der Waals surface area contributed by atoms with Gasteiger partial charge in [0.15, 0.2) is 18.1 Å². The van der Waals surface area contributed by atoms with Gasteiger partial charge in [-0.3, -0.25) is 14.4 Å². The van der Waals surface area contributed by atoms with Crippen LogP contribution >= 0.6 is 0 Å². The van der Waals surface area contributed by atoms with E-state index in [1.54, 1.807) is 52.0 Å². The van der Waals surface area contributed by atoms with Crippen molar-refractivity contribution in [3.63, 3.8) is 0 Å². The molecule has 0 spiro atoms. The Balaban J connectivity index is 1.91. The van der Waals surface area contributed by atoms with Gasteiger partial charge in [-0.2, -0.15) is 5.10 Å². The van der Waals surface area contributed by atoms with E-state index in [9.17, 15) is 19.2 Å². The lowest BCUT2D eigenvalue weighted by molar-refractivity contribution is 0.0467. The number of carbonyl (C=O) groups excluding carboxylic acids is 3. The molecule has 1 aromatic carbocycles. The average Bonchev–Trinajstić information content (AvgIpc) is 3.00. The molecule has 0 fully saturated rings. The second-order valence-corrected chi connectivity index (χ2v) is 7.42. The quantitative estimate of drug-likeness (QED) is 0.494. The van der Waals surface area contributed by atoms with Crippen molar-refractivity contribution < 1.29 is 19.1 Å². The molecule has 3 aromatic rings. The van der Waals surface area contributed by atoms with Crippen molar-refractivity contribution in [1.82, 2.24) is 14.8 Å². The summed E-state index contributed by atoms with van der Waals surface area (Å²) in [5.74, 6) is -1.41. The summed E-state index contributed by atoms with van der Waals surface area (Å²) < 4.78 is 6.44. The summed E-state index contributed by atoms with van der Waals surface area (Å²) in [6.45, 7) is 7.85. The number of ether oxygens (including phenoxy) is 1. The van der Waals surface area contributed by atoms with Crippen LogP contribution in [0.4, 0.5) is 0 Å². The Bertz CT molecular complexity index is 1230. The summed E-state index contributed by atoms with van der Waals surface area (Å²) in [5.41, 5.74) is 1.47. The third-order valence-corrected chi connectivity index (χ3v) is 4.91. The molecule has 8 heteroatoms. The molecule has 156 valence electrons. The van der Waals surface area contributed by atoms with Gasteiger partial charge in [0, 0.05) is 16.6 Å². The number of fused-ring (bicyclic) bond motifs is 1. The Morgan fingerprint density at radius 1 is 1.13 bits per heavy atom.